The number of nitrogens with zero attached hydrogens (tertiary/aromatic N) is 1. The molecular formula is C18H17F2NO4. The highest BCUT2D eigenvalue weighted by atomic mass is 19.3. The van der Waals surface area contributed by atoms with Crippen molar-refractivity contribution in [2.75, 3.05) is 13.7 Å². The summed E-state index contributed by atoms with van der Waals surface area (Å²) in [5.74, 6) is 0.114. The molecule has 0 aliphatic carbocycles. The second-order valence-corrected chi connectivity index (χ2v) is 5.22. The SMILES string of the molecule is CN(Cc1ccc(OC(F)F)cc1)C(=O)COc1ccccc1C=O. The number of ether oxygens (including phenoxy) is 2. The molecule has 2 rings (SSSR count). The van der Waals surface area contributed by atoms with Crippen LogP contribution in [0, 0.1) is 0 Å². The van der Waals surface area contributed by atoms with Crippen molar-refractivity contribution in [3.63, 3.8) is 0 Å². The van der Waals surface area contributed by atoms with Crippen molar-refractivity contribution in [3.8, 4) is 11.5 Å². The molecular weight excluding hydrogens is 332 g/mol. The second-order valence-electron chi connectivity index (χ2n) is 5.22. The van der Waals surface area contributed by atoms with Crippen LogP contribution in [0.1, 0.15) is 15.9 Å². The van der Waals surface area contributed by atoms with E-state index in [0.29, 0.717) is 17.6 Å². The van der Waals surface area contributed by atoms with E-state index in [1.54, 1.807) is 43.4 Å². The highest BCUT2D eigenvalue weighted by Gasteiger charge is 2.12. The van der Waals surface area contributed by atoms with E-state index in [9.17, 15) is 18.4 Å². The summed E-state index contributed by atoms with van der Waals surface area (Å²) >= 11 is 0. The standard InChI is InChI=1S/C18H17F2NO4/c1-21(10-13-6-8-15(9-7-13)25-18(19)20)17(23)12-24-16-5-3-2-4-14(16)11-22/h2-9,11,18H,10,12H2,1H3. The zero-order chi connectivity index (χ0) is 18.2. The molecule has 0 heterocycles. The number of rotatable bonds is 8. The summed E-state index contributed by atoms with van der Waals surface area (Å²) in [6.07, 6.45) is 0.659. The van der Waals surface area contributed by atoms with Crippen LogP contribution in [0.25, 0.3) is 0 Å². The summed E-state index contributed by atoms with van der Waals surface area (Å²) in [6, 6.07) is 12.6. The van der Waals surface area contributed by atoms with Crippen molar-refractivity contribution in [3.05, 3.63) is 59.7 Å². The number of likely N-dealkylation sites (N-methyl/N-ethyl adjacent to an activating group) is 1. The van der Waals surface area contributed by atoms with Gasteiger partial charge in [-0.1, -0.05) is 24.3 Å². The Morgan fingerprint density at radius 3 is 2.48 bits per heavy atom. The van der Waals surface area contributed by atoms with E-state index in [1.165, 1.54) is 17.0 Å². The molecule has 0 radical (unpaired) electrons. The van der Waals surface area contributed by atoms with Gasteiger partial charge in [0.25, 0.3) is 5.91 Å². The minimum atomic E-state index is -2.87. The van der Waals surface area contributed by atoms with Crippen LogP contribution in [0.4, 0.5) is 8.78 Å². The molecule has 0 bridgehead atoms. The molecule has 132 valence electrons. The van der Waals surface area contributed by atoms with E-state index in [-0.39, 0.29) is 24.8 Å². The Balaban J connectivity index is 1.88. The molecule has 1 amide bonds. The Kier molecular flexibility index (Phi) is 6.45. The van der Waals surface area contributed by atoms with Crippen LogP contribution >= 0.6 is 0 Å². The third kappa shape index (κ3) is 5.56. The van der Waals surface area contributed by atoms with Gasteiger partial charge in [-0.25, -0.2) is 0 Å². The van der Waals surface area contributed by atoms with Crippen LogP contribution < -0.4 is 9.47 Å². The largest absolute Gasteiger partial charge is 0.483 e. The van der Waals surface area contributed by atoms with Crippen LogP contribution in [0.2, 0.25) is 0 Å². The molecule has 0 spiro atoms. The van der Waals surface area contributed by atoms with E-state index < -0.39 is 6.61 Å². The zero-order valence-corrected chi connectivity index (χ0v) is 13.5. The summed E-state index contributed by atoms with van der Waals surface area (Å²) in [5, 5.41) is 0. The van der Waals surface area contributed by atoms with Gasteiger partial charge in [-0.3, -0.25) is 9.59 Å². The van der Waals surface area contributed by atoms with Crippen molar-refractivity contribution >= 4 is 12.2 Å². The smallest absolute Gasteiger partial charge is 0.387 e. The van der Waals surface area contributed by atoms with Crippen LogP contribution in [-0.2, 0) is 11.3 Å². The number of aldehydes is 1. The molecule has 0 aromatic heterocycles. The summed E-state index contributed by atoms with van der Waals surface area (Å²) in [5.41, 5.74) is 1.12. The molecule has 0 saturated carbocycles. The predicted octanol–water partition coefficient (Wildman–Crippen LogP) is 3.14. The average Bonchev–Trinajstić information content (AvgIpc) is 2.61. The molecule has 25 heavy (non-hydrogen) atoms. The van der Waals surface area contributed by atoms with Crippen LogP contribution in [0.15, 0.2) is 48.5 Å². The summed E-state index contributed by atoms with van der Waals surface area (Å²) in [4.78, 5) is 24.5. The fraction of sp³-hybridized carbons (Fsp3) is 0.222. The molecule has 2 aromatic rings. The van der Waals surface area contributed by atoms with Gasteiger partial charge < -0.3 is 14.4 Å². The molecule has 7 heteroatoms. The van der Waals surface area contributed by atoms with Crippen LogP contribution in [0.5, 0.6) is 11.5 Å². The van der Waals surface area contributed by atoms with Gasteiger partial charge in [0.15, 0.2) is 12.9 Å². The summed E-state index contributed by atoms with van der Waals surface area (Å²) < 4.78 is 33.9. The normalized spacial score (nSPS) is 10.4. The lowest BCUT2D eigenvalue weighted by Gasteiger charge is -2.18. The first kappa shape index (κ1) is 18.4. The molecule has 0 unspecified atom stereocenters. The predicted molar refractivity (Wildman–Crippen MR) is 86.9 cm³/mol. The molecule has 0 aliphatic heterocycles. The van der Waals surface area contributed by atoms with E-state index in [0.717, 1.165) is 5.56 Å². The monoisotopic (exact) mass is 349 g/mol. The number of para-hydroxylation sites is 1. The molecule has 0 N–H and O–H groups in total. The Morgan fingerprint density at radius 2 is 1.84 bits per heavy atom. The molecule has 0 fully saturated rings. The fourth-order valence-corrected chi connectivity index (χ4v) is 2.10. The highest BCUT2D eigenvalue weighted by molar-refractivity contribution is 5.80. The van der Waals surface area contributed by atoms with E-state index in [2.05, 4.69) is 4.74 Å². The van der Waals surface area contributed by atoms with Crippen molar-refractivity contribution in [1.82, 2.24) is 4.90 Å². The van der Waals surface area contributed by atoms with E-state index in [4.69, 9.17) is 4.74 Å². The van der Waals surface area contributed by atoms with Crippen LogP contribution in [0.3, 0.4) is 0 Å². The van der Waals surface area contributed by atoms with Crippen LogP contribution in [-0.4, -0.2) is 37.4 Å². The van der Waals surface area contributed by atoms with E-state index in [1.807, 2.05) is 0 Å². The fourth-order valence-electron chi connectivity index (χ4n) is 2.10. The number of carbonyl (C=O) groups excluding carboxylic acids is 2. The lowest BCUT2D eigenvalue weighted by Crippen LogP contribution is -2.31. The van der Waals surface area contributed by atoms with Crippen molar-refractivity contribution in [1.29, 1.82) is 0 Å². The van der Waals surface area contributed by atoms with Gasteiger partial charge in [0.2, 0.25) is 0 Å². The number of hydrogen-bond donors (Lipinski definition) is 0. The minimum Gasteiger partial charge on any atom is -0.483 e. The third-order valence-electron chi connectivity index (χ3n) is 3.39. The molecule has 2 aromatic carbocycles. The molecule has 5 nitrogen and oxygen atoms in total. The lowest BCUT2D eigenvalue weighted by atomic mass is 10.2. The lowest BCUT2D eigenvalue weighted by molar-refractivity contribution is -0.132. The van der Waals surface area contributed by atoms with Gasteiger partial charge in [0.1, 0.15) is 11.5 Å². The number of halogens is 2. The van der Waals surface area contributed by atoms with Gasteiger partial charge in [0.05, 0.1) is 5.56 Å². The Labute approximate surface area is 143 Å². The number of alkyl halides is 2. The van der Waals surface area contributed by atoms with Gasteiger partial charge in [0, 0.05) is 13.6 Å². The third-order valence-corrected chi connectivity index (χ3v) is 3.39. The Bertz CT molecular complexity index is 719. The molecule has 0 atom stereocenters. The maximum Gasteiger partial charge on any atom is 0.387 e. The Morgan fingerprint density at radius 1 is 1.16 bits per heavy atom. The van der Waals surface area contributed by atoms with Crippen molar-refractivity contribution in [2.24, 2.45) is 0 Å². The van der Waals surface area contributed by atoms with Gasteiger partial charge in [-0.2, -0.15) is 8.78 Å². The number of benzene rings is 2. The summed E-state index contributed by atoms with van der Waals surface area (Å²) in [6.45, 7) is -2.80. The van der Waals surface area contributed by atoms with Crippen molar-refractivity contribution in [2.45, 2.75) is 13.2 Å². The topological polar surface area (TPSA) is 55.8 Å². The first-order valence-corrected chi connectivity index (χ1v) is 7.44. The first-order valence-electron chi connectivity index (χ1n) is 7.44. The van der Waals surface area contributed by atoms with Gasteiger partial charge >= 0.3 is 6.61 Å². The highest BCUT2D eigenvalue weighted by Crippen LogP contribution is 2.17. The quantitative estimate of drug-likeness (QED) is 0.687. The molecule has 0 saturated heterocycles. The number of carbonyl (C=O) groups is 2. The number of amides is 1. The van der Waals surface area contributed by atoms with E-state index >= 15 is 0 Å². The van der Waals surface area contributed by atoms with Crippen molar-refractivity contribution < 1.29 is 27.8 Å². The maximum absolute atomic E-state index is 12.1. The zero-order valence-electron chi connectivity index (χ0n) is 13.5. The second kappa shape index (κ2) is 8.77. The average molecular weight is 349 g/mol. The maximum atomic E-state index is 12.1. The molecule has 0 aliphatic rings. The Hall–Kier alpha value is -2.96. The van der Waals surface area contributed by atoms with Gasteiger partial charge in [-0.05, 0) is 29.8 Å². The summed E-state index contributed by atoms with van der Waals surface area (Å²) in [7, 11) is 1.60. The van der Waals surface area contributed by atoms with Gasteiger partial charge in [-0.15, -0.1) is 0 Å². The number of hydrogen-bond acceptors (Lipinski definition) is 4. The minimum absolute atomic E-state index is 0.0570. The first-order chi connectivity index (χ1) is 12.0.